The fraction of sp³-hybridized carbons (Fsp3) is 0.500. The minimum Gasteiger partial charge on any atom is -0.373 e. The van der Waals surface area contributed by atoms with Crippen molar-refractivity contribution in [2.45, 2.75) is 19.8 Å². The van der Waals surface area contributed by atoms with E-state index in [0.717, 1.165) is 37.3 Å². The zero-order chi connectivity index (χ0) is 13.1. The van der Waals surface area contributed by atoms with Crippen LogP contribution in [0.3, 0.4) is 0 Å². The Bertz CT molecular complexity index is 445. The van der Waals surface area contributed by atoms with E-state index < -0.39 is 0 Å². The van der Waals surface area contributed by atoms with Gasteiger partial charge in [0.25, 0.3) is 0 Å². The molecule has 0 bridgehead atoms. The second-order valence-corrected chi connectivity index (χ2v) is 4.66. The lowest BCUT2D eigenvalue weighted by atomic mass is 10.1. The van der Waals surface area contributed by atoms with E-state index in [-0.39, 0.29) is 12.5 Å². The number of aryl methyl sites for hydroxylation is 1. The maximum atomic E-state index is 12.0. The second kappa shape index (κ2) is 5.40. The minimum atomic E-state index is 0.00690. The highest BCUT2D eigenvalue weighted by atomic mass is 16.2. The lowest BCUT2D eigenvalue weighted by Crippen LogP contribution is -2.37. The molecular formula is C14H21N3O. The zero-order valence-electron chi connectivity index (χ0n) is 11.1. The van der Waals surface area contributed by atoms with Gasteiger partial charge in [-0.1, -0.05) is 19.1 Å². The fourth-order valence-corrected chi connectivity index (χ4v) is 2.54. The monoisotopic (exact) mass is 247 g/mol. The number of benzene rings is 1. The number of fused-ring (bicyclic) bond motifs is 1. The summed E-state index contributed by atoms with van der Waals surface area (Å²) in [6.45, 7) is 3.91. The topological polar surface area (TPSA) is 49.6 Å². The standard InChI is InChI=1S/C14H21N3O/c1-3-11-6-4-7-12-14(11)17(13(18)10-15)9-5-8-16(12)2/h4,6-7H,3,5,8-10,15H2,1-2H3. The number of amides is 1. The number of hydrogen-bond donors (Lipinski definition) is 1. The molecule has 1 aromatic rings. The van der Waals surface area contributed by atoms with Gasteiger partial charge in [-0.2, -0.15) is 0 Å². The summed E-state index contributed by atoms with van der Waals surface area (Å²) in [5, 5.41) is 0. The SMILES string of the molecule is CCc1cccc2c1N(C(=O)CN)CCCN2C. The van der Waals surface area contributed by atoms with Crippen molar-refractivity contribution in [3.05, 3.63) is 23.8 Å². The van der Waals surface area contributed by atoms with Crippen LogP contribution in [0.15, 0.2) is 18.2 Å². The molecule has 0 unspecified atom stereocenters. The smallest absolute Gasteiger partial charge is 0.240 e. The Morgan fingerprint density at radius 3 is 2.83 bits per heavy atom. The molecule has 0 atom stereocenters. The molecule has 18 heavy (non-hydrogen) atoms. The molecule has 1 heterocycles. The highest BCUT2D eigenvalue weighted by molar-refractivity contribution is 5.99. The Morgan fingerprint density at radius 1 is 1.39 bits per heavy atom. The molecule has 0 fully saturated rings. The van der Waals surface area contributed by atoms with Crippen molar-refractivity contribution in [3.8, 4) is 0 Å². The van der Waals surface area contributed by atoms with Crippen molar-refractivity contribution in [3.63, 3.8) is 0 Å². The van der Waals surface area contributed by atoms with E-state index >= 15 is 0 Å². The summed E-state index contributed by atoms with van der Waals surface area (Å²) >= 11 is 0. The average molecular weight is 247 g/mol. The number of carbonyl (C=O) groups excluding carboxylic acids is 1. The van der Waals surface area contributed by atoms with Crippen LogP contribution >= 0.6 is 0 Å². The highest BCUT2D eigenvalue weighted by Gasteiger charge is 2.24. The fourth-order valence-electron chi connectivity index (χ4n) is 2.54. The van der Waals surface area contributed by atoms with Gasteiger partial charge < -0.3 is 15.5 Å². The van der Waals surface area contributed by atoms with Crippen molar-refractivity contribution in [1.29, 1.82) is 0 Å². The van der Waals surface area contributed by atoms with Gasteiger partial charge in [-0.15, -0.1) is 0 Å². The molecule has 1 aliphatic heterocycles. The Balaban J connectivity index is 2.55. The molecular weight excluding hydrogens is 226 g/mol. The van der Waals surface area contributed by atoms with Crippen LogP contribution in [-0.2, 0) is 11.2 Å². The van der Waals surface area contributed by atoms with Crippen molar-refractivity contribution >= 4 is 17.3 Å². The van der Waals surface area contributed by atoms with Crippen LogP contribution in [0.4, 0.5) is 11.4 Å². The van der Waals surface area contributed by atoms with Crippen LogP contribution in [0.1, 0.15) is 18.9 Å². The first-order valence-electron chi connectivity index (χ1n) is 6.52. The quantitative estimate of drug-likeness (QED) is 0.859. The van der Waals surface area contributed by atoms with Crippen LogP contribution in [0.5, 0.6) is 0 Å². The lowest BCUT2D eigenvalue weighted by molar-refractivity contribution is -0.117. The molecule has 98 valence electrons. The third-order valence-electron chi connectivity index (χ3n) is 3.51. The first-order chi connectivity index (χ1) is 8.69. The van der Waals surface area contributed by atoms with Crippen LogP contribution in [0.25, 0.3) is 0 Å². The van der Waals surface area contributed by atoms with Gasteiger partial charge in [0.1, 0.15) is 0 Å². The second-order valence-electron chi connectivity index (χ2n) is 4.66. The predicted octanol–water partition coefficient (Wildman–Crippen LogP) is 1.38. The molecule has 0 aromatic heterocycles. The summed E-state index contributed by atoms with van der Waals surface area (Å²) in [4.78, 5) is 16.1. The summed E-state index contributed by atoms with van der Waals surface area (Å²) in [6, 6.07) is 6.23. The number of rotatable bonds is 2. The van der Waals surface area contributed by atoms with Gasteiger partial charge >= 0.3 is 0 Å². The minimum absolute atomic E-state index is 0.00690. The van der Waals surface area contributed by atoms with Gasteiger partial charge in [-0.25, -0.2) is 0 Å². The van der Waals surface area contributed by atoms with Crippen LogP contribution in [-0.4, -0.2) is 32.6 Å². The van der Waals surface area contributed by atoms with E-state index in [2.05, 4.69) is 37.1 Å². The number of carbonyl (C=O) groups is 1. The molecule has 1 amide bonds. The summed E-state index contributed by atoms with van der Waals surface area (Å²) in [5.74, 6) is 0.00690. The number of nitrogens with two attached hydrogens (primary N) is 1. The van der Waals surface area contributed by atoms with E-state index in [4.69, 9.17) is 5.73 Å². The Hall–Kier alpha value is -1.55. The Labute approximate surface area is 108 Å². The van der Waals surface area contributed by atoms with Crippen LogP contribution in [0, 0.1) is 0 Å². The van der Waals surface area contributed by atoms with Crippen LogP contribution in [0.2, 0.25) is 0 Å². The van der Waals surface area contributed by atoms with Gasteiger partial charge in [-0.05, 0) is 24.5 Å². The summed E-state index contributed by atoms with van der Waals surface area (Å²) in [5.41, 5.74) is 8.93. The van der Waals surface area contributed by atoms with Gasteiger partial charge in [0.05, 0.1) is 17.9 Å². The third kappa shape index (κ3) is 2.20. The maximum absolute atomic E-state index is 12.0. The largest absolute Gasteiger partial charge is 0.373 e. The van der Waals surface area contributed by atoms with E-state index in [0.29, 0.717) is 0 Å². The number of nitrogens with zero attached hydrogens (tertiary/aromatic N) is 2. The molecule has 1 aromatic carbocycles. The molecule has 0 saturated heterocycles. The van der Waals surface area contributed by atoms with Crippen molar-refractivity contribution in [1.82, 2.24) is 0 Å². The number of para-hydroxylation sites is 1. The highest BCUT2D eigenvalue weighted by Crippen LogP contribution is 2.35. The molecule has 4 nitrogen and oxygen atoms in total. The molecule has 1 aliphatic rings. The summed E-state index contributed by atoms with van der Waals surface area (Å²) < 4.78 is 0. The third-order valence-corrected chi connectivity index (χ3v) is 3.51. The van der Waals surface area contributed by atoms with Crippen molar-refractivity contribution < 1.29 is 4.79 Å². The van der Waals surface area contributed by atoms with Gasteiger partial charge in [0.15, 0.2) is 0 Å². The average Bonchev–Trinajstić information content (AvgIpc) is 2.57. The van der Waals surface area contributed by atoms with E-state index in [1.807, 2.05) is 4.90 Å². The zero-order valence-corrected chi connectivity index (χ0v) is 11.1. The van der Waals surface area contributed by atoms with Crippen LogP contribution < -0.4 is 15.5 Å². The summed E-state index contributed by atoms with van der Waals surface area (Å²) in [6.07, 6.45) is 1.89. The van der Waals surface area contributed by atoms with E-state index in [1.165, 1.54) is 5.56 Å². The molecule has 4 heteroatoms. The Kier molecular flexibility index (Phi) is 3.87. The molecule has 0 aliphatic carbocycles. The first kappa shape index (κ1) is 12.9. The Morgan fingerprint density at radius 2 is 2.17 bits per heavy atom. The van der Waals surface area contributed by atoms with Gasteiger partial charge in [0.2, 0.25) is 5.91 Å². The number of hydrogen-bond acceptors (Lipinski definition) is 3. The van der Waals surface area contributed by atoms with Crippen molar-refractivity contribution in [2.75, 3.05) is 36.5 Å². The molecule has 0 spiro atoms. The van der Waals surface area contributed by atoms with Gasteiger partial charge in [0, 0.05) is 20.1 Å². The van der Waals surface area contributed by atoms with E-state index in [9.17, 15) is 4.79 Å². The molecule has 0 saturated carbocycles. The van der Waals surface area contributed by atoms with E-state index in [1.54, 1.807) is 0 Å². The lowest BCUT2D eigenvalue weighted by Gasteiger charge is -2.26. The number of anilines is 2. The summed E-state index contributed by atoms with van der Waals surface area (Å²) in [7, 11) is 2.08. The molecule has 0 radical (unpaired) electrons. The predicted molar refractivity (Wildman–Crippen MR) is 75.1 cm³/mol. The first-order valence-corrected chi connectivity index (χ1v) is 6.52. The maximum Gasteiger partial charge on any atom is 0.240 e. The molecule has 2 N–H and O–H groups in total. The normalized spacial score (nSPS) is 15.3. The van der Waals surface area contributed by atoms with Crippen molar-refractivity contribution in [2.24, 2.45) is 5.73 Å². The molecule has 2 rings (SSSR count). The van der Waals surface area contributed by atoms with Gasteiger partial charge in [-0.3, -0.25) is 4.79 Å².